The Morgan fingerprint density at radius 1 is 1.00 bits per heavy atom. The maximum atomic E-state index is 12.8. The highest BCUT2D eigenvalue weighted by Gasteiger charge is 2.22. The number of aldehydes is 1. The van der Waals surface area contributed by atoms with Crippen LogP contribution in [0.5, 0.6) is 0 Å². The summed E-state index contributed by atoms with van der Waals surface area (Å²) in [5, 5.41) is 15.2. The smallest absolute Gasteiger partial charge is 0.232 e. The first-order valence-corrected chi connectivity index (χ1v) is 12.9. The van der Waals surface area contributed by atoms with Crippen LogP contribution in [0.4, 0.5) is 15.8 Å². The third kappa shape index (κ3) is 8.81. The number of carbonyl (C=O) groups is 2. The second-order valence-corrected chi connectivity index (χ2v) is 10.1. The summed E-state index contributed by atoms with van der Waals surface area (Å²) in [5.41, 5.74) is 2.83. The van der Waals surface area contributed by atoms with Crippen LogP contribution in [0, 0.1) is 5.82 Å². The van der Waals surface area contributed by atoms with Gasteiger partial charge in [0.05, 0.1) is 5.92 Å². The molecule has 0 saturated heterocycles. The molecule has 3 rings (SSSR count). The fourth-order valence-electron chi connectivity index (χ4n) is 3.44. The van der Waals surface area contributed by atoms with E-state index in [1.165, 1.54) is 12.1 Å². The molecule has 0 aliphatic carbocycles. The van der Waals surface area contributed by atoms with E-state index in [-0.39, 0.29) is 18.3 Å². The maximum Gasteiger partial charge on any atom is 0.232 e. The normalized spacial score (nSPS) is 11.6. The number of halogens is 1. The summed E-state index contributed by atoms with van der Waals surface area (Å²) in [6, 6.07) is 21.5. The first-order chi connectivity index (χ1) is 17.2. The van der Waals surface area contributed by atoms with Gasteiger partial charge in [-0.25, -0.2) is 4.39 Å². The molecule has 0 bridgehead atoms. The molecule has 3 aromatic carbocycles. The van der Waals surface area contributed by atoms with Crippen molar-refractivity contribution in [3.8, 4) is 0 Å². The number of carbonyl (C=O) groups excluding carboxylic acids is 2. The first-order valence-electron chi connectivity index (χ1n) is 11.9. The number of hydrogen-bond donors (Lipinski definition) is 3. The Labute approximate surface area is 217 Å². The Morgan fingerprint density at radius 2 is 1.58 bits per heavy atom. The maximum absolute atomic E-state index is 12.8. The van der Waals surface area contributed by atoms with Crippen LogP contribution in [0.3, 0.4) is 0 Å². The molecule has 0 fully saturated rings. The van der Waals surface area contributed by atoms with Crippen molar-refractivity contribution in [2.45, 2.75) is 43.4 Å². The zero-order chi connectivity index (χ0) is 26.6. The molecule has 0 heterocycles. The standard InChI is InChI=1S/C22H27NO3S.C7H8FN/c1-4-27-19-11-5-16(6-12-19)20(13-14-24)21(26)23-18-9-7-17(8-10-18)22(2,3)15-25;1-9-7-4-2-6(8)3-5-7/h5-12,15,20,24H,4,13-14H2,1-3H3,(H,23,26);2-5,9H,1H3. The lowest BCUT2D eigenvalue weighted by Crippen LogP contribution is -2.22. The number of thioether (sulfide) groups is 1. The minimum absolute atomic E-state index is 0.0595. The zero-order valence-electron chi connectivity index (χ0n) is 21.3. The molecule has 1 unspecified atom stereocenters. The van der Waals surface area contributed by atoms with Gasteiger partial charge in [0.15, 0.2) is 0 Å². The van der Waals surface area contributed by atoms with Crippen LogP contribution < -0.4 is 10.6 Å². The molecule has 36 heavy (non-hydrogen) atoms. The number of benzene rings is 3. The third-order valence-electron chi connectivity index (χ3n) is 5.65. The number of amides is 1. The number of rotatable bonds is 10. The summed E-state index contributed by atoms with van der Waals surface area (Å²) < 4.78 is 12.2. The molecule has 1 atom stereocenters. The van der Waals surface area contributed by atoms with Gasteiger partial charge in [-0.05, 0) is 85.7 Å². The van der Waals surface area contributed by atoms with E-state index in [4.69, 9.17) is 0 Å². The number of anilines is 2. The van der Waals surface area contributed by atoms with Crippen molar-refractivity contribution < 1.29 is 19.1 Å². The number of aliphatic hydroxyl groups is 1. The monoisotopic (exact) mass is 510 g/mol. The SMILES string of the molecule is CCSc1ccc(C(CCO)C(=O)Nc2ccc(C(C)(C)C=O)cc2)cc1.CNc1ccc(F)cc1. The summed E-state index contributed by atoms with van der Waals surface area (Å²) in [4.78, 5) is 25.1. The average molecular weight is 511 g/mol. The molecular formula is C29H35FN2O3S. The topological polar surface area (TPSA) is 78.4 Å². The van der Waals surface area contributed by atoms with Crippen LogP contribution in [0.15, 0.2) is 77.7 Å². The highest BCUT2D eigenvalue weighted by atomic mass is 32.2. The second-order valence-electron chi connectivity index (χ2n) is 8.73. The van der Waals surface area contributed by atoms with Gasteiger partial charge in [0, 0.05) is 35.3 Å². The van der Waals surface area contributed by atoms with Crippen LogP contribution in [-0.4, -0.2) is 36.7 Å². The number of nitrogens with one attached hydrogen (secondary N) is 2. The van der Waals surface area contributed by atoms with Crippen molar-refractivity contribution in [3.63, 3.8) is 0 Å². The average Bonchev–Trinajstić information content (AvgIpc) is 2.89. The van der Waals surface area contributed by atoms with Crippen LogP contribution in [0.1, 0.15) is 44.2 Å². The number of hydrogen-bond acceptors (Lipinski definition) is 5. The van der Waals surface area contributed by atoms with Crippen molar-refractivity contribution in [1.29, 1.82) is 0 Å². The predicted molar refractivity (Wildman–Crippen MR) is 147 cm³/mol. The highest BCUT2D eigenvalue weighted by Crippen LogP contribution is 2.26. The fourth-order valence-corrected chi connectivity index (χ4v) is 4.10. The van der Waals surface area contributed by atoms with Gasteiger partial charge in [-0.3, -0.25) is 4.79 Å². The molecule has 7 heteroatoms. The Hall–Kier alpha value is -3.16. The lowest BCUT2D eigenvalue weighted by molar-refractivity contribution is -0.118. The van der Waals surface area contributed by atoms with Gasteiger partial charge in [0.2, 0.25) is 5.91 Å². The third-order valence-corrected chi connectivity index (χ3v) is 6.55. The molecule has 3 aromatic rings. The van der Waals surface area contributed by atoms with Crippen molar-refractivity contribution in [1.82, 2.24) is 0 Å². The van der Waals surface area contributed by atoms with E-state index in [2.05, 4.69) is 17.6 Å². The van der Waals surface area contributed by atoms with Crippen LogP contribution >= 0.6 is 11.8 Å². The van der Waals surface area contributed by atoms with Gasteiger partial charge in [-0.15, -0.1) is 11.8 Å². The van der Waals surface area contributed by atoms with E-state index in [1.54, 1.807) is 43.1 Å². The predicted octanol–water partition coefficient (Wildman–Crippen LogP) is 6.25. The molecule has 0 radical (unpaired) electrons. The summed E-state index contributed by atoms with van der Waals surface area (Å²) in [5.74, 6) is 0.231. The molecule has 0 aromatic heterocycles. The molecular weight excluding hydrogens is 475 g/mol. The lowest BCUT2D eigenvalue weighted by atomic mass is 9.86. The van der Waals surface area contributed by atoms with E-state index in [0.717, 1.165) is 33.7 Å². The van der Waals surface area contributed by atoms with Crippen molar-refractivity contribution in [3.05, 3.63) is 89.7 Å². The lowest BCUT2D eigenvalue weighted by Gasteiger charge is -2.19. The summed E-state index contributed by atoms with van der Waals surface area (Å²) in [7, 11) is 1.80. The van der Waals surface area contributed by atoms with Gasteiger partial charge in [-0.1, -0.05) is 31.2 Å². The van der Waals surface area contributed by atoms with Gasteiger partial charge < -0.3 is 20.5 Å². The molecule has 0 aliphatic heterocycles. The second kappa shape index (κ2) is 14.4. The summed E-state index contributed by atoms with van der Waals surface area (Å²) >= 11 is 1.75. The molecule has 1 amide bonds. The molecule has 3 N–H and O–H groups in total. The van der Waals surface area contributed by atoms with Crippen LogP contribution in [0.25, 0.3) is 0 Å². The Bertz CT molecular complexity index is 1090. The van der Waals surface area contributed by atoms with Gasteiger partial charge in [0.1, 0.15) is 12.1 Å². The van der Waals surface area contributed by atoms with E-state index >= 15 is 0 Å². The van der Waals surface area contributed by atoms with Gasteiger partial charge >= 0.3 is 0 Å². The van der Waals surface area contributed by atoms with E-state index in [0.29, 0.717) is 12.1 Å². The molecule has 0 saturated carbocycles. The molecule has 192 valence electrons. The highest BCUT2D eigenvalue weighted by molar-refractivity contribution is 7.99. The summed E-state index contributed by atoms with van der Waals surface area (Å²) in [6.45, 7) is 5.74. The Morgan fingerprint density at radius 3 is 2.08 bits per heavy atom. The zero-order valence-corrected chi connectivity index (χ0v) is 22.1. The van der Waals surface area contributed by atoms with E-state index < -0.39 is 11.3 Å². The minimum atomic E-state index is -0.555. The van der Waals surface area contributed by atoms with Crippen molar-refractivity contribution in [2.75, 3.05) is 30.0 Å². The van der Waals surface area contributed by atoms with Gasteiger partial charge in [0.25, 0.3) is 0 Å². The first kappa shape index (κ1) is 29.1. The Balaban J connectivity index is 0.000000425. The van der Waals surface area contributed by atoms with E-state index in [1.807, 2.05) is 50.2 Å². The largest absolute Gasteiger partial charge is 0.396 e. The van der Waals surface area contributed by atoms with Crippen LogP contribution in [-0.2, 0) is 15.0 Å². The van der Waals surface area contributed by atoms with Gasteiger partial charge in [-0.2, -0.15) is 0 Å². The molecule has 0 spiro atoms. The minimum Gasteiger partial charge on any atom is -0.396 e. The number of aliphatic hydroxyl groups excluding tert-OH is 1. The Kier molecular flexibility index (Phi) is 11.6. The summed E-state index contributed by atoms with van der Waals surface area (Å²) in [6.07, 6.45) is 1.28. The van der Waals surface area contributed by atoms with Crippen LogP contribution in [0.2, 0.25) is 0 Å². The fraction of sp³-hybridized carbons (Fsp3) is 0.310. The van der Waals surface area contributed by atoms with Crippen molar-refractivity contribution in [2.24, 2.45) is 0 Å². The van der Waals surface area contributed by atoms with Crippen molar-refractivity contribution >= 4 is 35.3 Å². The molecule has 0 aliphatic rings. The molecule has 5 nitrogen and oxygen atoms in total. The van der Waals surface area contributed by atoms with E-state index in [9.17, 15) is 19.1 Å². The quantitative estimate of drug-likeness (QED) is 0.222.